The van der Waals surface area contributed by atoms with Gasteiger partial charge in [0.1, 0.15) is 0 Å². The fourth-order valence-corrected chi connectivity index (χ4v) is 3.62. The number of amides is 1. The molecular formula is C24H31NO4. The third-order valence-corrected chi connectivity index (χ3v) is 5.31. The number of hydrogen-bond acceptors (Lipinski definition) is 4. The molecule has 1 amide bonds. The molecule has 0 saturated carbocycles. The second-order valence-corrected chi connectivity index (χ2v) is 7.48. The highest BCUT2D eigenvalue weighted by Crippen LogP contribution is 2.26. The van der Waals surface area contributed by atoms with Crippen LogP contribution in [-0.2, 0) is 19.1 Å². The van der Waals surface area contributed by atoms with Gasteiger partial charge in [-0.1, -0.05) is 42.4 Å². The number of rotatable bonds is 8. The van der Waals surface area contributed by atoms with Crippen molar-refractivity contribution in [2.45, 2.75) is 52.4 Å². The van der Waals surface area contributed by atoms with Crippen LogP contribution in [0.4, 0.5) is 0 Å². The van der Waals surface area contributed by atoms with Gasteiger partial charge in [-0.15, -0.1) is 0 Å². The van der Waals surface area contributed by atoms with Gasteiger partial charge in [0.15, 0.2) is 5.78 Å². The van der Waals surface area contributed by atoms with E-state index in [1.165, 1.54) is 36.8 Å². The molecule has 1 atom stereocenters. The van der Waals surface area contributed by atoms with Crippen molar-refractivity contribution in [3.05, 3.63) is 58.7 Å². The maximum Gasteiger partial charge on any atom is 0.337 e. The van der Waals surface area contributed by atoms with Crippen LogP contribution < -0.4 is 5.32 Å². The lowest BCUT2D eigenvalue weighted by molar-refractivity contribution is -0.135. The Morgan fingerprint density at radius 2 is 2.00 bits per heavy atom. The van der Waals surface area contributed by atoms with Gasteiger partial charge in [-0.05, 0) is 55.7 Å². The molecule has 0 radical (unpaired) electrons. The molecule has 0 bridgehead atoms. The maximum atomic E-state index is 11.9. The molecule has 1 unspecified atom stereocenters. The van der Waals surface area contributed by atoms with Gasteiger partial charge in [0, 0.05) is 19.9 Å². The first-order valence-corrected chi connectivity index (χ1v) is 10.3. The van der Waals surface area contributed by atoms with Crippen molar-refractivity contribution in [1.29, 1.82) is 0 Å². The van der Waals surface area contributed by atoms with E-state index in [1.807, 2.05) is 6.08 Å². The number of hydrogen-bond donors (Lipinski definition) is 1. The summed E-state index contributed by atoms with van der Waals surface area (Å²) in [6.07, 6.45) is 16.4. The third kappa shape index (κ3) is 7.33. The monoisotopic (exact) mass is 397 g/mol. The van der Waals surface area contributed by atoms with E-state index in [0.717, 1.165) is 32.1 Å². The molecule has 0 aromatic rings. The lowest BCUT2D eigenvalue weighted by Crippen LogP contribution is -2.22. The molecule has 2 rings (SSSR count). The van der Waals surface area contributed by atoms with Crippen molar-refractivity contribution in [1.82, 2.24) is 5.32 Å². The van der Waals surface area contributed by atoms with Crippen LogP contribution in [-0.4, -0.2) is 31.3 Å². The van der Waals surface area contributed by atoms with E-state index >= 15 is 0 Å². The molecule has 29 heavy (non-hydrogen) atoms. The summed E-state index contributed by atoms with van der Waals surface area (Å²) in [5.74, 6) is -0.342. The zero-order valence-electron chi connectivity index (χ0n) is 17.6. The second-order valence-electron chi connectivity index (χ2n) is 7.48. The van der Waals surface area contributed by atoms with E-state index in [2.05, 4.69) is 30.5 Å². The van der Waals surface area contributed by atoms with Gasteiger partial charge >= 0.3 is 5.97 Å². The number of methoxy groups -OCH3 is 1. The number of carbonyl (C=O) groups is 3. The maximum absolute atomic E-state index is 11.9. The van der Waals surface area contributed by atoms with E-state index in [1.54, 1.807) is 6.08 Å². The Balaban J connectivity index is 1.94. The minimum atomic E-state index is -0.403. The fourth-order valence-electron chi connectivity index (χ4n) is 3.62. The minimum absolute atomic E-state index is 0.0226. The van der Waals surface area contributed by atoms with Crippen LogP contribution in [0.5, 0.6) is 0 Å². The molecule has 2 aliphatic rings. The topological polar surface area (TPSA) is 72.5 Å². The first-order valence-electron chi connectivity index (χ1n) is 10.3. The highest BCUT2D eigenvalue weighted by Gasteiger charge is 2.18. The van der Waals surface area contributed by atoms with E-state index in [-0.39, 0.29) is 17.6 Å². The summed E-state index contributed by atoms with van der Waals surface area (Å²) < 4.78 is 4.79. The van der Waals surface area contributed by atoms with Crippen LogP contribution in [0.25, 0.3) is 0 Å². The average Bonchev–Trinajstić information content (AvgIpc) is 3.01. The number of ketones is 1. The summed E-state index contributed by atoms with van der Waals surface area (Å²) >= 11 is 0. The Morgan fingerprint density at radius 3 is 2.69 bits per heavy atom. The summed E-state index contributed by atoms with van der Waals surface area (Å²) in [6.45, 7) is 4.23. The molecule has 0 aliphatic heterocycles. The lowest BCUT2D eigenvalue weighted by atomic mass is 9.94. The summed E-state index contributed by atoms with van der Waals surface area (Å²) in [5.41, 5.74) is 4.25. The summed E-state index contributed by atoms with van der Waals surface area (Å²) in [5, 5.41) is 2.88. The van der Waals surface area contributed by atoms with Crippen molar-refractivity contribution >= 4 is 17.7 Å². The van der Waals surface area contributed by atoms with Crippen molar-refractivity contribution in [3.63, 3.8) is 0 Å². The lowest BCUT2D eigenvalue weighted by Gasteiger charge is -2.11. The standard InChI is InChI=1S/C24H31NO4/c1-4-20-10-8-18(9-11-22(20)16-25-17(2)26)6-5-7-19-14-21(24(28)29-3)12-13-23(27)15-19/h8-9,11-14,19H,4-7,10,15-16H2,1-3H3,(H,25,26). The smallest absolute Gasteiger partial charge is 0.337 e. The molecule has 5 heteroatoms. The van der Waals surface area contributed by atoms with Crippen LogP contribution in [0.2, 0.25) is 0 Å². The molecular weight excluding hydrogens is 366 g/mol. The molecule has 0 spiro atoms. The molecule has 0 heterocycles. The summed E-state index contributed by atoms with van der Waals surface area (Å²) in [7, 11) is 1.35. The average molecular weight is 398 g/mol. The van der Waals surface area contributed by atoms with E-state index in [0.29, 0.717) is 18.5 Å². The highest BCUT2D eigenvalue weighted by molar-refractivity contribution is 5.97. The largest absolute Gasteiger partial charge is 0.465 e. The first-order chi connectivity index (χ1) is 13.9. The SMILES string of the molecule is CCC1=C(CNC(C)=O)C=CC(CCCC2C=C(C(=O)OC)C=CC(=O)C2)=CC1. The molecule has 0 saturated heterocycles. The number of ether oxygens (including phenoxy) is 1. The highest BCUT2D eigenvalue weighted by atomic mass is 16.5. The molecule has 156 valence electrons. The van der Waals surface area contributed by atoms with Crippen LogP contribution in [0.15, 0.2) is 58.7 Å². The number of nitrogens with one attached hydrogen (secondary N) is 1. The molecule has 2 aliphatic carbocycles. The van der Waals surface area contributed by atoms with Crippen molar-refractivity contribution < 1.29 is 19.1 Å². The van der Waals surface area contributed by atoms with Crippen LogP contribution in [0, 0.1) is 5.92 Å². The third-order valence-electron chi connectivity index (χ3n) is 5.31. The molecule has 0 aromatic heterocycles. The van der Waals surface area contributed by atoms with Crippen molar-refractivity contribution in [3.8, 4) is 0 Å². The Labute approximate surface area is 173 Å². The van der Waals surface area contributed by atoms with Crippen molar-refractivity contribution in [2.75, 3.05) is 13.7 Å². The number of carbonyl (C=O) groups excluding carboxylic acids is 3. The van der Waals surface area contributed by atoms with Gasteiger partial charge in [0.05, 0.1) is 12.7 Å². The van der Waals surface area contributed by atoms with Gasteiger partial charge in [-0.2, -0.15) is 0 Å². The Bertz CT molecular complexity index is 796. The van der Waals surface area contributed by atoms with Gasteiger partial charge in [-0.3, -0.25) is 9.59 Å². The Kier molecular flexibility index (Phi) is 8.84. The predicted octanol–water partition coefficient (Wildman–Crippen LogP) is 4.13. The van der Waals surface area contributed by atoms with E-state index in [4.69, 9.17) is 4.74 Å². The van der Waals surface area contributed by atoms with Gasteiger partial charge < -0.3 is 10.1 Å². The minimum Gasteiger partial charge on any atom is -0.465 e. The first kappa shape index (κ1) is 22.6. The second kappa shape index (κ2) is 11.3. The number of allylic oxidation sites excluding steroid dienone is 6. The van der Waals surface area contributed by atoms with Gasteiger partial charge in [-0.25, -0.2) is 4.79 Å². The zero-order chi connectivity index (χ0) is 21.2. The Hall–Kier alpha value is -2.69. The molecule has 1 N–H and O–H groups in total. The predicted molar refractivity (Wildman–Crippen MR) is 114 cm³/mol. The van der Waals surface area contributed by atoms with Gasteiger partial charge in [0.2, 0.25) is 5.91 Å². The van der Waals surface area contributed by atoms with Crippen LogP contribution in [0.1, 0.15) is 52.4 Å². The zero-order valence-corrected chi connectivity index (χ0v) is 17.6. The van der Waals surface area contributed by atoms with Gasteiger partial charge in [0.25, 0.3) is 0 Å². The quantitative estimate of drug-likeness (QED) is 0.625. The van der Waals surface area contributed by atoms with E-state index in [9.17, 15) is 14.4 Å². The molecule has 0 fully saturated rings. The summed E-state index contributed by atoms with van der Waals surface area (Å²) in [4.78, 5) is 35.0. The fraction of sp³-hybridized carbons (Fsp3) is 0.458. The Morgan fingerprint density at radius 1 is 1.21 bits per heavy atom. The molecule has 5 nitrogen and oxygen atoms in total. The normalized spacial score (nSPS) is 19.3. The van der Waals surface area contributed by atoms with E-state index < -0.39 is 5.97 Å². The number of esters is 1. The molecule has 0 aromatic carbocycles. The van der Waals surface area contributed by atoms with Crippen LogP contribution in [0.3, 0.4) is 0 Å². The van der Waals surface area contributed by atoms with Crippen LogP contribution >= 0.6 is 0 Å². The summed E-state index contributed by atoms with van der Waals surface area (Å²) in [6, 6.07) is 0. The van der Waals surface area contributed by atoms with Crippen molar-refractivity contribution in [2.24, 2.45) is 5.92 Å².